The summed E-state index contributed by atoms with van der Waals surface area (Å²) in [5.74, 6) is 1.98. The number of hydrogen-bond donors (Lipinski definition) is 0. The lowest BCUT2D eigenvalue weighted by molar-refractivity contribution is 0.531. The zero-order chi connectivity index (χ0) is 10.7. The van der Waals surface area contributed by atoms with E-state index in [-0.39, 0.29) is 0 Å². The Morgan fingerprint density at radius 3 is 2.57 bits per heavy atom. The van der Waals surface area contributed by atoms with Crippen molar-refractivity contribution < 1.29 is 4.42 Å². The SMILES string of the molecule is C=C(C)c1nc(C)c(C=CC(C)C)o1. The average molecular weight is 191 g/mol. The molecule has 1 aromatic heterocycles. The standard InChI is InChI=1S/C12H17NO/c1-8(2)6-7-11-10(5)13-12(14-11)9(3)4/h6-8H,3H2,1-2,4-5H3. The zero-order valence-electron chi connectivity index (χ0n) is 9.29. The van der Waals surface area contributed by atoms with Crippen molar-refractivity contribution in [2.24, 2.45) is 5.92 Å². The molecule has 0 aliphatic rings. The average Bonchev–Trinajstić information content (AvgIpc) is 2.43. The van der Waals surface area contributed by atoms with E-state index in [2.05, 4.69) is 31.5 Å². The maximum Gasteiger partial charge on any atom is 0.221 e. The first-order chi connectivity index (χ1) is 6.50. The van der Waals surface area contributed by atoms with Gasteiger partial charge in [0.05, 0.1) is 5.69 Å². The van der Waals surface area contributed by atoms with Crippen molar-refractivity contribution in [3.05, 3.63) is 30.0 Å². The molecule has 0 saturated carbocycles. The highest BCUT2D eigenvalue weighted by Crippen LogP contribution is 2.17. The molecule has 0 aromatic carbocycles. The van der Waals surface area contributed by atoms with Gasteiger partial charge in [0.25, 0.3) is 0 Å². The molecule has 0 fully saturated rings. The van der Waals surface area contributed by atoms with Gasteiger partial charge in [-0.2, -0.15) is 0 Å². The predicted molar refractivity (Wildman–Crippen MR) is 59.8 cm³/mol. The van der Waals surface area contributed by atoms with Crippen LogP contribution in [0.3, 0.4) is 0 Å². The van der Waals surface area contributed by atoms with E-state index in [0.717, 1.165) is 17.0 Å². The molecule has 0 unspecified atom stereocenters. The van der Waals surface area contributed by atoms with Crippen LogP contribution in [0.25, 0.3) is 11.6 Å². The summed E-state index contributed by atoms with van der Waals surface area (Å²) in [4.78, 5) is 4.27. The summed E-state index contributed by atoms with van der Waals surface area (Å²) >= 11 is 0. The minimum absolute atomic E-state index is 0.521. The van der Waals surface area contributed by atoms with Crippen LogP contribution in [0.1, 0.15) is 38.1 Å². The predicted octanol–water partition coefficient (Wildman–Crippen LogP) is 3.69. The second kappa shape index (κ2) is 4.27. The Bertz CT molecular complexity index is 358. The highest BCUT2D eigenvalue weighted by molar-refractivity contribution is 5.55. The van der Waals surface area contributed by atoms with Crippen molar-refractivity contribution in [2.75, 3.05) is 0 Å². The van der Waals surface area contributed by atoms with Gasteiger partial charge in [-0.15, -0.1) is 0 Å². The van der Waals surface area contributed by atoms with E-state index >= 15 is 0 Å². The molecule has 14 heavy (non-hydrogen) atoms. The summed E-state index contributed by atoms with van der Waals surface area (Å²) in [6, 6.07) is 0. The Labute approximate surface area is 85.4 Å². The first-order valence-corrected chi connectivity index (χ1v) is 4.82. The molecule has 2 heteroatoms. The van der Waals surface area contributed by atoms with E-state index in [1.54, 1.807) is 0 Å². The van der Waals surface area contributed by atoms with E-state index in [1.807, 2.05) is 19.9 Å². The molecule has 1 heterocycles. The van der Waals surface area contributed by atoms with E-state index in [9.17, 15) is 0 Å². The van der Waals surface area contributed by atoms with Crippen LogP contribution in [0.4, 0.5) is 0 Å². The fraction of sp³-hybridized carbons (Fsp3) is 0.417. The highest BCUT2D eigenvalue weighted by atomic mass is 16.4. The van der Waals surface area contributed by atoms with Gasteiger partial charge in [-0.25, -0.2) is 4.98 Å². The number of nitrogens with zero attached hydrogens (tertiary/aromatic N) is 1. The topological polar surface area (TPSA) is 26.0 Å². The van der Waals surface area contributed by atoms with Gasteiger partial charge < -0.3 is 4.42 Å². The van der Waals surface area contributed by atoms with E-state index < -0.39 is 0 Å². The maximum absolute atomic E-state index is 5.53. The van der Waals surface area contributed by atoms with Crippen molar-refractivity contribution in [1.29, 1.82) is 0 Å². The Hall–Kier alpha value is -1.31. The van der Waals surface area contributed by atoms with Crippen molar-refractivity contribution >= 4 is 11.6 Å². The molecule has 0 bridgehead atoms. The molecule has 0 aliphatic carbocycles. The van der Waals surface area contributed by atoms with Gasteiger partial charge in [-0.05, 0) is 25.8 Å². The van der Waals surface area contributed by atoms with Crippen LogP contribution < -0.4 is 0 Å². The van der Waals surface area contributed by atoms with Crippen LogP contribution in [0.2, 0.25) is 0 Å². The van der Waals surface area contributed by atoms with E-state index in [1.165, 1.54) is 0 Å². The summed E-state index contributed by atoms with van der Waals surface area (Å²) in [5, 5.41) is 0. The van der Waals surface area contributed by atoms with E-state index in [4.69, 9.17) is 4.42 Å². The zero-order valence-corrected chi connectivity index (χ0v) is 9.29. The fourth-order valence-electron chi connectivity index (χ4n) is 1.03. The quantitative estimate of drug-likeness (QED) is 0.728. The monoisotopic (exact) mass is 191 g/mol. The number of oxazole rings is 1. The molecule has 2 nitrogen and oxygen atoms in total. The number of hydrogen-bond acceptors (Lipinski definition) is 2. The van der Waals surface area contributed by atoms with Gasteiger partial charge >= 0.3 is 0 Å². The van der Waals surface area contributed by atoms with Crippen LogP contribution in [0, 0.1) is 12.8 Å². The Balaban J connectivity index is 2.93. The molecule has 1 aromatic rings. The van der Waals surface area contributed by atoms with E-state index in [0.29, 0.717) is 11.8 Å². The number of rotatable bonds is 3. The van der Waals surface area contributed by atoms with Crippen molar-refractivity contribution in [3.63, 3.8) is 0 Å². The van der Waals surface area contributed by atoms with Crippen LogP contribution in [-0.2, 0) is 0 Å². The minimum Gasteiger partial charge on any atom is -0.437 e. The van der Waals surface area contributed by atoms with Crippen molar-refractivity contribution in [3.8, 4) is 0 Å². The molecule has 0 atom stereocenters. The van der Waals surface area contributed by atoms with Gasteiger partial charge in [0.1, 0.15) is 5.76 Å². The second-order valence-corrected chi connectivity index (χ2v) is 3.85. The minimum atomic E-state index is 0.521. The summed E-state index contributed by atoms with van der Waals surface area (Å²) < 4.78 is 5.53. The van der Waals surface area contributed by atoms with Crippen LogP contribution >= 0.6 is 0 Å². The molecule has 0 radical (unpaired) electrons. The second-order valence-electron chi connectivity index (χ2n) is 3.85. The smallest absolute Gasteiger partial charge is 0.221 e. The molecular weight excluding hydrogens is 174 g/mol. The first kappa shape index (κ1) is 10.8. The van der Waals surface area contributed by atoms with Crippen LogP contribution in [0.5, 0.6) is 0 Å². The first-order valence-electron chi connectivity index (χ1n) is 4.82. The molecule has 0 N–H and O–H groups in total. The lowest BCUT2D eigenvalue weighted by atomic mass is 10.2. The van der Waals surface area contributed by atoms with Crippen molar-refractivity contribution in [1.82, 2.24) is 4.98 Å². The third-order valence-corrected chi connectivity index (χ3v) is 1.83. The molecule has 0 spiro atoms. The third-order valence-electron chi connectivity index (χ3n) is 1.83. The van der Waals surface area contributed by atoms with Gasteiger partial charge in [0.15, 0.2) is 0 Å². The maximum atomic E-state index is 5.53. The number of allylic oxidation sites excluding steroid dienone is 2. The number of aryl methyl sites for hydroxylation is 1. The van der Waals surface area contributed by atoms with Gasteiger partial charge in [-0.3, -0.25) is 0 Å². The van der Waals surface area contributed by atoms with Gasteiger partial charge in [0, 0.05) is 5.57 Å². The Kier molecular flexibility index (Phi) is 3.28. The largest absolute Gasteiger partial charge is 0.437 e. The highest BCUT2D eigenvalue weighted by Gasteiger charge is 2.06. The third kappa shape index (κ3) is 2.59. The molecule has 1 rings (SSSR count). The summed E-state index contributed by atoms with van der Waals surface area (Å²) in [5.41, 5.74) is 1.78. The molecule has 0 aliphatic heterocycles. The fourth-order valence-corrected chi connectivity index (χ4v) is 1.03. The number of aromatic nitrogens is 1. The summed E-state index contributed by atoms with van der Waals surface area (Å²) in [6.45, 7) is 11.9. The summed E-state index contributed by atoms with van der Waals surface area (Å²) in [7, 11) is 0. The molecule has 0 amide bonds. The Morgan fingerprint density at radius 2 is 2.14 bits per heavy atom. The molecule has 0 saturated heterocycles. The Morgan fingerprint density at radius 1 is 1.50 bits per heavy atom. The summed E-state index contributed by atoms with van der Waals surface area (Å²) in [6.07, 6.45) is 4.06. The molecule has 76 valence electrons. The molecular formula is C12H17NO. The lowest BCUT2D eigenvalue weighted by Crippen LogP contribution is -1.78. The van der Waals surface area contributed by atoms with Gasteiger partial charge in [-0.1, -0.05) is 26.5 Å². The normalized spacial score (nSPS) is 11.5. The van der Waals surface area contributed by atoms with Gasteiger partial charge in [0.2, 0.25) is 5.89 Å². The van der Waals surface area contributed by atoms with Crippen LogP contribution in [0.15, 0.2) is 17.1 Å². The van der Waals surface area contributed by atoms with Crippen LogP contribution in [-0.4, -0.2) is 4.98 Å². The lowest BCUT2D eigenvalue weighted by Gasteiger charge is -1.92. The van der Waals surface area contributed by atoms with Crippen molar-refractivity contribution in [2.45, 2.75) is 27.7 Å².